The minimum absolute atomic E-state index is 0.227. The van der Waals surface area contributed by atoms with Gasteiger partial charge >= 0.3 is 5.97 Å². The number of carboxylic acids is 1. The van der Waals surface area contributed by atoms with Crippen LogP contribution in [-0.2, 0) is 16.8 Å². The third kappa shape index (κ3) is 1.37. The fourth-order valence-electron chi connectivity index (χ4n) is 1.96. The van der Waals surface area contributed by atoms with Crippen molar-refractivity contribution in [1.82, 2.24) is 0 Å². The van der Waals surface area contributed by atoms with Gasteiger partial charge in [-0.2, -0.15) is 0 Å². The van der Waals surface area contributed by atoms with E-state index in [1.165, 1.54) is 7.11 Å². The van der Waals surface area contributed by atoms with E-state index in [-0.39, 0.29) is 6.42 Å². The lowest BCUT2D eigenvalue weighted by Crippen LogP contribution is -2.32. The van der Waals surface area contributed by atoms with Crippen LogP contribution in [0.3, 0.4) is 0 Å². The zero-order chi connectivity index (χ0) is 11.1. The maximum Gasteiger partial charge on any atom is 0.340 e. The molecule has 0 heterocycles. The topological polar surface area (TPSA) is 66.8 Å². The third-order valence-electron chi connectivity index (χ3n) is 2.87. The number of carbonyl (C=O) groups is 1. The van der Waals surface area contributed by atoms with Crippen molar-refractivity contribution in [2.75, 3.05) is 7.11 Å². The summed E-state index contributed by atoms with van der Waals surface area (Å²) in [5.41, 5.74) is -0.417. The second kappa shape index (κ2) is 3.24. The molecule has 1 aromatic carbocycles. The smallest absolute Gasteiger partial charge is 0.340 e. The van der Waals surface area contributed by atoms with Crippen molar-refractivity contribution in [3.63, 3.8) is 0 Å². The molecule has 0 aliphatic heterocycles. The molecule has 1 aliphatic rings. The highest BCUT2D eigenvalue weighted by Gasteiger charge is 2.43. The molecule has 0 spiro atoms. The molecule has 0 amide bonds. The summed E-state index contributed by atoms with van der Waals surface area (Å²) in [6.45, 7) is 0. The van der Waals surface area contributed by atoms with Gasteiger partial charge in [0.2, 0.25) is 0 Å². The Kier molecular flexibility index (Phi) is 2.16. The van der Waals surface area contributed by atoms with Crippen LogP contribution in [0.5, 0.6) is 5.75 Å². The maximum absolute atomic E-state index is 11.0. The Hall–Kier alpha value is -1.55. The molecule has 4 heteroatoms. The molecule has 1 aromatic rings. The molecule has 0 saturated heterocycles. The number of hydrogen-bond donors (Lipinski definition) is 2. The van der Waals surface area contributed by atoms with Crippen LogP contribution >= 0.6 is 0 Å². The van der Waals surface area contributed by atoms with Gasteiger partial charge in [0.1, 0.15) is 5.75 Å². The van der Waals surface area contributed by atoms with E-state index in [4.69, 9.17) is 9.84 Å². The number of aliphatic hydroxyl groups is 1. The lowest BCUT2D eigenvalue weighted by atomic mass is 9.96. The van der Waals surface area contributed by atoms with Gasteiger partial charge in [0, 0.05) is 5.56 Å². The lowest BCUT2D eigenvalue weighted by Gasteiger charge is -2.18. The number of fused-ring (bicyclic) bond motifs is 1. The molecule has 1 atom stereocenters. The van der Waals surface area contributed by atoms with Gasteiger partial charge in [0.25, 0.3) is 0 Å². The first-order valence-electron chi connectivity index (χ1n) is 4.71. The summed E-state index contributed by atoms with van der Waals surface area (Å²) in [6.07, 6.45) is 0.812. The van der Waals surface area contributed by atoms with E-state index in [1.54, 1.807) is 18.2 Å². The zero-order valence-corrected chi connectivity index (χ0v) is 8.36. The van der Waals surface area contributed by atoms with E-state index in [2.05, 4.69) is 0 Å². The summed E-state index contributed by atoms with van der Waals surface area (Å²) in [6, 6.07) is 5.16. The minimum Gasteiger partial charge on any atom is -0.497 e. The molecule has 0 radical (unpaired) electrons. The van der Waals surface area contributed by atoms with Gasteiger partial charge in [-0.3, -0.25) is 0 Å². The van der Waals surface area contributed by atoms with Crippen LogP contribution in [0.15, 0.2) is 18.2 Å². The van der Waals surface area contributed by atoms with E-state index in [1.807, 2.05) is 0 Å². The lowest BCUT2D eigenvalue weighted by molar-refractivity contribution is -0.159. The van der Waals surface area contributed by atoms with Crippen LogP contribution < -0.4 is 4.74 Å². The molecule has 0 fully saturated rings. The summed E-state index contributed by atoms with van der Waals surface area (Å²) >= 11 is 0. The van der Waals surface area contributed by atoms with Gasteiger partial charge in [0.05, 0.1) is 7.11 Å². The van der Waals surface area contributed by atoms with Crippen molar-refractivity contribution in [2.24, 2.45) is 0 Å². The quantitative estimate of drug-likeness (QED) is 0.758. The van der Waals surface area contributed by atoms with Gasteiger partial charge in [0.15, 0.2) is 5.60 Å². The van der Waals surface area contributed by atoms with E-state index >= 15 is 0 Å². The van der Waals surface area contributed by atoms with E-state index < -0.39 is 11.6 Å². The molecular weight excluding hydrogens is 196 g/mol. The SMILES string of the molecule is COc1ccc2c(c1)C(O)(C(=O)O)CC2. The first-order valence-corrected chi connectivity index (χ1v) is 4.71. The van der Waals surface area contributed by atoms with E-state index in [0.717, 1.165) is 5.56 Å². The Bertz CT molecular complexity index is 413. The van der Waals surface area contributed by atoms with Crippen molar-refractivity contribution >= 4 is 5.97 Å². The first kappa shape index (κ1) is 9.98. The van der Waals surface area contributed by atoms with Gasteiger partial charge in [-0.1, -0.05) is 6.07 Å². The number of aryl methyl sites for hydroxylation is 1. The predicted octanol–water partition coefficient (Wildman–Crippen LogP) is 0.914. The van der Waals surface area contributed by atoms with Gasteiger partial charge in [-0.25, -0.2) is 4.79 Å². The van der Waals surface area contributed by atoms with Gasteiger partial charge in [-0.15, -0.1) is 0 Å². The average Bonchev–Trinajstić information content (AvgIpc) is 2.57. The Morgan fingerprint density at radius 2 is 2.27 bits per heavy atom. The van der Waals surface area contributed by atoms with Crippen LogP contribution in [0.25, 0.3) is 0 Å². The highest BCUT2D eigenvalue weighted by molar-refractivity contribution is 5.81. The minimum atomic E-state index is -1.75. The van der Waals surface area contributed by atoms with Gasteiger partial charge in [-0.05, 0) is 30.5 Å². The molecule has 4 nitrogen and oxygen atoms in total. The maximum atomic E-state index is 11.0. The largest absolute Gasteiger partial charge is 0.497 e. The predicted molar refractivity (Wildman–Crippen MR) is 52.8 cm³/mol. The molecule has 2 rings (SSSR count). The van der Waals surface area contributed by atoms with Crippen molar-refractivity contribution in [3.8, 4) is 5.75 Å². The zero-order valence-electron chi connectivity index (χ0n) is 8.36. The van der Waals surface area contributed by atoms with E-state index in [9.17, 15) is 9.90 Å². The van der Waals surface area contributed by atoms with Crippen LogP contribution in [0.2, 0.25) is 0 Å². The van der Waals surface area contributed by atoms with Crippen molar-refractivity contribution < 1.29 is 19.7 Å². The number of aliphatic carboxylic acids is 1. The second-order valence-corrected chi connectivity index (χ2v) is 3.69. The molecular formula is C11H12O4. The Morgan fingerprint density at radius 3 is 2.87 bits per heavy atom. The number of hydrogen-bond acceptors (Lipinski definition) is 3. The number of rotatable bonds is 2. The normalized spacial score (nSPS) is 23.6. The molecule has 15 heavy (non-hydrogen) atoms. The molecule has 0 aromatic heterocycles. The van der Waals surface area contributed by atoms with Crippen LogP contribution in [0.1, 0.15) is 17.5 Å². The summed E-state index contributed by atoms with van der Waals surface area (Å²) in [4.78, 5) is 11.0. The number of methoxy groups -OCH3 is 1. The van der Waals surface area contributed by atoms with Crippen LogP contribution in [-0.4, -0.2) is 23.3 Å². The number of benzene rings is 1. The van der Waals surface area contributed by atoms with Crippen molar-refractivity contribution in [2.45, 2.75) is 18.4 Å². The monoisotopic (exact) mass is 208 g/mol. The Balaban J connectivity index is 2.53. The van der Waals surface area contributed by atoms with Crippen LogP contribution in [0, 0.1) is 0 Å². The summed E-state index contributed by atoms with van der Waals surface area (Å²) in [5.74, 6) is -0.634. The molecule has 0 saturated carbocycles. The standard InChI is InChI=1S/C11H12O4/c1-15-8-3-2-7-4-5-11(14,10(12)13)9(7)6-8/h2-3,6,14H,4-5H2,1H3,(H,12,13). The van der Waals surface area contributed by atoms with Crippen molar-refractivity contribution in [3.05, 3.63) is 29.3 Å². The molecule has 1 aliphatic carbocycles. The highest BCUT2D eigenvalue weighted by Crippen LogP contribution is 2.38. The summed E-state index contributed by atoms with van der Waals surface area (Å²) in [5, 5.41) is 19.0. The first-order chi connectivity index (χ1) is 7.08. The van der Waals surface area contributed by atoms with Crippen molar-refractivity contribution in [1.29, 1.82) is 0 Å². The fraction of sp³-hybridized carbons (Fsp3) is 0.364. The fourth-order valence-corrected chi connectivity index (χ4v) is 1.96. The summed E-state index contributed by atoms with van der Waals surface area (Å²) in [7, 11) is 1.51. The molecule has 2 N–H and O–H groups in total. The number of carboxylic acid groups (broad SMARTS) is 1. The van der Waals surface area contributed by atoms with Crippen LogP contribution in [0.4, 0.5) is 0 Å². The van der Waals surface area contributed by atoms with E-state index in [0.29, 0.717) is 17.7 Å². The third-order valence-corrected chi connectivity index (χ3v) is 2.87. The Labute approximate surface area is 87.1 Å². The van der Waals surface area contributed by atoms with Gasteiger partial charge < -0.3 is 14.9 Å². The summed E-state index contributed by atoms with van der Waals surface area (Å²) < 4.78 is 5.01. The second-order valence-electron chi connectivity index (χ2n) is 3.69. The average molecular weight is 208 g/mol. The Morgan fingerprint density at radius 1 is 1.53 bits per heavy atom. The highest BCUT2D eigenvalue weighted by atomic mass is 16.5. The molecule has 1 unspecified atom stereocenters. The molecule has 80 valence electrons. The molecule has 0 bridgehead atoms. The number of ether oxygens (including phenoxy) is 1.